The maximum atomic E-state index is 11.8. The van der Waals surface area contributed by atoms with E-state index in [0.717, 1.165) is 12.2 Å². The Morgan fingerprint density at radius 2 is 1.90 bits per heavy atom. The lowest BCUT2D eigenvalue weighted by atomic mass is 9.89. The molecular formula is C15H20Cl2N2O. The van der Waals surface area contributed by atoms with Gasteiger partial charge in [-0.15, -0.1) is 0 Å². The van der Waals surface area contributed by atoms with E-state index < -0.39 is 0 Å². The Morgan fingerprint density at radius 3 is 2.60 bits per heavy atom. The van der Waals surface area contributed by atoms with Crippen molar-refractivity contribution in [1.29, 1.82) is 0 Å². The van der Waals surface area contributed by atoms with Crippen LogP contribution in [0.15, 0.2) is 18.2 Å². The number of hydrogen-bond acceptors (Lipinski definition) is 2. The molecule has 110 valence electrons. The van der Waals surface area contributed by atoms with E-state index >= 15 is 0 Å². The van der Waals surface area contributed by atoms with Crippen molar-refractivity contribution >= 4 is 34.8 Å². The molecule has 1 aliphatic carbocycles. The summed E-state index contributed by atoms with van der Waals surface area (Å²) in [5.74, 6) is 0.666. The fraction of sp³-hybridized carbons (Fsp3) is 0.533. The molecule has 0 bridgehead atoms. The first-order chi connectivity index (χ1) is 9.65. The van der Waals surface area contributed by atoms with E-state index in [4.69, 9.17) is 23.2 Å². The van der Waals surface area contributed by atoms with Gasteiger partial charge in [0.25, 0.3) is 0 Å². The molecule has 2 rings (SSSR count). The molecule has 1 aliphatic rings. The number of carbonyl (C=O) groups excluding carboxylic acids is 1. The summed E-state index contributed by atoms with van der Waals surface area (Å²) < 4.78 is 0. The average molecular weight is 315 g/mol. The average Bonchev–Trinajstić information content (AvgIpc) is 2.47. The van der Waals surface area contributed by atoms with Crippen molar-refractivity contribution in [3.8, 4) is 0 Å². The van der Waals surface area contributed by atoms with Gasteiger partial charge in [-0.1, -0.05) is 42.5 Å². The number of rotatable bonds is 5. The van der Waals surface area contributed by atoms with Crippen LogP contribution in [0.2, 0.25) is 10.0 Å². The minimum Gasteiger partial charge on any atom is -0.376 e. The molecule has 1 saturated carbocycles. The smallest absolute Gasteiger partial charge is 0.239 e. The summed E-state index contributed by atoms with van der Waals surface area (Å²) in [6.45, 7) is 1.05. The summed E-state index contributed by atoms with van der Waals surface area (Å²) in [6, 6.07) is 5.24. The predicted octanol–water partition coefficient (Wildman–Crippen LogP) is 4.10. The summed E-state index contributed by atoms with van der Waals surface area (Å²) in [7, 11) is 0. The monoisotopic (exact) mass is 314 g/mol. The number of benzene rings is 1. The summed E-state index contributed by atoms with van der Waals surface area (Å²) in [6.07, 6.45) is 6.40. The molecule has 1 aromatic rings. The van der Waals surface area contributed by atoms with Gasteiger partial charge >= 0.3 is 0 Å². The van der Waals surface area contributed by atoms with E-state index in [1.54, 1.807) is 12.1 Å². The number of anilines is 1. The molecule has 0 radical (unpaired) electrons. The van der Waals surface area contributed by atoms with E-state index in [1.165, 1.54) is 32.1 Å². The third-order valence-corrected chi connectivity index (χ3v) is 4.42. The molecule has 0 unspecified atom stereocenters. The Balaban J connectivity index is 1.70. The van der Waals surface area contributed by atoms with Gasteiger partial charge in [-0.2, -0.15) is 0 Å². The van der Waals surface area contributed by atoms with Gasteiger partial charge in [0.05, 0.1) is 16.6 Å². The highest BCUT2D eigenvalue weighted by molar-refractivity contribution is 6.42. The Hall–Kier alpha value is -0.930. The SMILES string of the molecule is O=C(CNc1ccc(Cl)c(Cl)c1)NCC1CCCCC1. The third-order valence-electron chi connectivity index (χ3n) is 3.69. The molecule has 0 saturated heterocycles. The third kappa shape index (κ3) is 4.88. The first-order valence-corrected chi connectivity index (χ1v) is 7.86. The van der Waals surface area contributed by atoms with Crippen LogP contribution >= 0.6 is 23.2 Å². The van der Waals surface area contributed by atoms with E-state index in [2.05, 4.69) is 10.6 Å². The van der Waals surface area contributed by atoms with Crippen LogP contribution in [0.25, 0.3) is 0 Å². The number of hydrogen-bond donors (Lipinski definition) is 2. The fourth-order valence-electron chi connectivity index (χ4n) is 2.50. The highest BCUT2D eigenvalue weighted by Crippen LogP contribution is 2.25. The first-order valence-electron chi connectivity index (χ1n) is 7.11. The second-order valence-electron chi connectivity index (χ2n) is 5.29. The second-order valence-corrected chi connectivity index (χ2v) is 6.10. The van der Waals surface area contributed by atoms with Gasteiger partial charge < -0.3 is 10.6 Å². The Bertz CT molecular complexity index is 459. The van der Waals surface area contributed by atoms with Crippen molar-refractivity contribution in [3.05, 3.63) is 28.2 Å². The van der Waals surface area contributed by atoms with E-state index in [0.29, 0.717) is 16.0 Å². The quantitative estimate of drug-likeness (QED) is 0.859. The first kappa shape index (κ1) is 15.5. The van der Waals surface area contributed by atoms with Gasteiger partial charge in [-0.3, -0.25) is 4.79 Å². The largest absolute Gasteiger partial charge is 0.376 e. The highest BCUT2D eigenvalue weighted by atomic mass is 35.5. The lowest BCUT2D eigenvalue weighted by Crippen LogP contribution is -2.34. The number of amides is 1. The van der Waals surface area contributed by atoms with Crippen molar-refractivity contribution in [1.82, 2.24) is 5.32 Å². The molecule has 5 heteroatoms. The normalized spacial score (nSPS) is 15.9. The standard InChI is InChI=1S/C15H20Cl2N2O/c16-13-7-6-12(8-14(13)17)18-10-15(20)19-9-11-4-2-1-3-5-11/h6-8,11,18H,1-5,9-10H2,(H,19,20). The molecule has 0 spiro atoms. The maximum absolute atomic E-state index is 11.8. The molecule has 0 aromatic heterocycles. The van der Waals surface area contributed by atoms with Crippen LogP contribution in [0.4, 0.5) is 5.69 Å². The van der Waals surface area contributed by atoms with Crippen molar-refractivity contribution in [2.45, 2.75) is 32.1 Å². The molecular weight excluding hydrogens is 295 g/mol. The molecule has 1 amide bonds. The molecule has 20 heavy (non-hydrogen) atoms. The molecule has 0 heterocycles. The molecule has 1 aromatic carbocycles. The summed E-state index contributed by atoms with van der Waals surface area (Å²) in [4.78, 5) is 11.8. The van der Waals surface area contributed by atoms with Crippen molar-refractivity contribution in [2.75, 3.05) is 18.4 Å². The van der Waals surface area contributed by atoms with Gasteiger partial charge in [-0.05, 0) is 37.0 Å². The van der Waals surface area contributed by atoms with Crippen LogP contribution in [0.3, 0.4) is 0 Å². The zero-order valence-corrected chi connectivity index (χ0v) is 12.9. The van der Waals surface area contributed by atoms with Crippen LogP contribution in [0.1, 0.15) is 32.1 Å². The van der Waals surface area contributed by atoms with Crippen LogP contribution in [0, 0.1) is 5.92 Å². The lowest BCUT2D eigenvalue weighted by molar-refractivity contribution is -0.119. The zero-order valence-electron chi connectivity index (χ0n) is 11.4. The minimum atomic E-state index is 0.0154. The zero-order chi connectivity index (χ0) is 14.4. The van der Waals surface area contributed by atoms with Gasteiger partial charge in [0.1, 0.15) is 0 Å². The van der Waals surface area contributed by atoms with Gasteiger partial charge in [0, 0.05) is 12.2 Å². The van der Waals surface area contributed by atoms with E-state index in [1.807, 2.05) is 6.07 Å². The van der Waals surface area contributed by atoms with Crippen molar-refractivity contribution in [3.63, 3.8) is 0 Å². The molecule has 3 nitrogen and oxygen atoms in total. The topological polar surface area (TPSA) is 41.1 Å². The number of nitrogens with one attached hydrogen (secondary N) is 2. The lowest BCUT2D eigenvalue weighted by Gasteiger charge is -2.21. The van der Waals surface area contributed by atoms with Gasteiger partial charge in [-0.25, -0.2) is 0 Å². The molecule has 2 N–H and O–H groups in total. The Kier molecular flexibility index (Phi) is 5.99. The maximum Gasteiger partial charge on any atom is 0.239 e. The number of halogens is 2. The fourth-order valence-corrected chi connectivity index (χ4v) is 2.80. The highest BCUT2D eigenvalue weighted by Gasteiger charge is 2.14. The van der Waals surface area contributed by atoms with Gasteiger partial charge in [0.2, 0.25) is 5.91 Å². The van der Waals surface area contributed by atoms with Crippen molar-refractivity contribution in [2.24, 2.45) is 5.92 Å². The molecule has 0 atom stereocenters. The molecule has 1 fully saturated rings. The minimum absolute atomic E-state index is 0.0154. The van der Waals surface area contributed by atoms with Gasteiger partial charge in [0.15, 0.2) is 0 Å². The van der Waals surface area contributed by atoms with Crippen LogP contribution in [-0.4, -0.2) is 19.0 Å². The van der Waals surface area contributed by atoms with Crippen LogP contribution in [0.5, 0.6) is 0 Å². The summed E-state index contributed by atoms with van der Waals surface area (Å²) >= 11 is 11.8. The predicted molar refractivity (Wildman–Crippen MR) is 84.5 cm³/mol. The van der Waals surface area contributed by atoms with Crippen molar-refractivity contribution < 1.29 is 4.79 Å². The Morgan fingerprint density at radius 1 is 1.15 bits per heavy atom. The molecule has 0 aliphatic heterocycles. The second kappa shape index (κ2) is 7.75. The number of carbonyl (C=O) groups is 1. The van der Waals surface area contributed by atoms with E-state index in [9.17, 15) is 4.79 Å². The van der Waals surface area contributed by atoms with Crippen LogP contribution < -0.4 is 10.6 Å². The van der Waals surface area contributed by atoms with E-state index in [-0.39, 0.29) is 12.5 Å². The summed E-state index contributed by atoms with van der Waals surface area (Å²) in [5, 5.41) is 7.03. The Labute approximate surface area is 130 Å². The summed E-state index contributed by atoms with van der Waals surface area (Å²) in [5.41, 5.74) is 0.798. The van der Waals surface area contributed by atoms with Crippen LogP contribution in [-0.2, 0) is 4.79 Å².